The molecule has 0 radical (unpaired) electrons. The van der Waals surface area contributed by atoms with E-state index in [9.17, 15) is 9.59 Å². The van der Waals surface area contributed by atoms with E-state index in [4.69, 9.17) is 4.74 Å². The number of carbonyl (C=O) groups excluding carboxylic acids is 2. The molecule has 0 bridgehead atoms. The Morgan fingerprint density at radius 3 is 2.63 bits per heavy atom. The number of aromatic nitrogens is 3. The van der Waals surface area contributed by atoms with E-state index in [-0.39, 0.29) is 17.4 Å². The van der Waals surface area contributed by atoms with Gasteiger partial charge in [-0.3, -0.25) is 14.2 Å². The fraction of sp³-hybridized carbons (Fsp3) is 0.182. The molecule has 0 fully saturated rings. The second kappa shape index (κ2) is 9.89. The highest BCUT2D eigenvalue weighted by Crippen LogP contribution is 2.26. The lowest BCUT2D eigenvalue weighted by molar-refractivity contribution is -0.113. The van der Waals surface area contributed by atoms with Crippen molar-refractivity contribution in [2.75, 3.05) is 18.2 Å². The summed E-state index contributed by atoms with van der Waals surface area (Å²) in [6.07, 6.45) is 1.76. The van der Waals surface area contributed by atoms with E-state index in [0.29, 0.717) is 28.8 Å². The third kappa shape index (κ3) is 5.15. The summed E-state index contributed by atoms with van der Waals surface area (Å²) in [5, 5.41) is 12.0. The molecule has 2 aromatic carbocycles. The topological polar surface area (TPSA) is 86.1 Å². The number of benzene rings is 2. The lowest BCUT2D eigenvalue weighted by atomic mass is 10.1. The minimum absolute atomic E-state index is 0.0518. The standard InChI is InChI=1S/C22H22N4O3S/c1-4-12-26-21(16-8-10-19(29-3)11-9-16)24-25-22(26)30-14-20(28)23-18-7-5-6-17(13-18)15(2)27/h4-11,13H,1,12,14H2,2-3H3,(H,23,28). The minimum atomic E-state index is -0.195. The van der Waals surface area contributed by atoms with Crippen molar-refractivity contribution in [3.63, 3.8) is 0 Å². The Bertz CT molecular complexity index is 1060. The highest BCUT2D eigenvalue weighted by atomic mass is 32.2. The molecule has 154 valence electrons. The maximum Gasteiger partial charge on any atom is 0.234 e. The number of nitrogens with one attached hydrogen (secondary N) is 1. The number of hydrogen-bond acceptors (Lipinski definition) is 6. The summed E-state index contributed by atoms with van der Waals surface area (Å²) in [7, 11) is 1.62. The van der Waals surface area contributed by atoms with Crippen LogP contribution in [0.4, 0.5) is 5.69 Å². The number of allylic oxidation sites excluding steroid dienone is 1. The molecule has 0 aliphatic rings. The number of carbonyl (C=O) groups is 2. The van der Waals surface area contributed by atoms with Gasteiger partial charge in [-0.15, -0.1) is 16.8 Å². The summed E-state index contributed by atoms with van der Waals surface area (Å²) in [6.45, 7) is 5.80. The highest BCUT2D eigenvalue weighted by molar-refractivity contribution is 7.99. The first-order chi connectivity index (χ1) is 14.5. The molecular formula is C22H22N4O3S. The van der Waals surface area contributed by atoms with Crippen LogP contribution in [0.25, 0.3) is 11.4 Å². The maximum atomic E-state index is 12.4. The molecule has 0 aliphatic carbocycles. The average molecular weight is 423 g/mol. The number of nitrogens with zero attached hydrogens (tertiary/aromatic N) is 3. The maximum absolute atomic E-state index is 12.4. The van der Waals surface area contributed by atoms with Crippen LogP contribution in [0.3, 0.4) is 0 Å². The predicted molar refractivity (Wildman–Crippen MR) is 118 cm³/mol. The Morgan fingerprint density at radius 2 is 1.97 bits per heavy atom. The fourth-order valence-electron chi connectivity index (χ4n) is 2.79. The largest absolute Gasteiger partial charge is 0.497 e. The number of anilines is 1. The summed E-state index contributed by atoms with van der Waals surface area (Å²) in [6, 6.07) is 14.4. The number of ketones is 1. The normalized spacial score (nSPS) is 10.5. The first-order valence-electron chi connectivity index (χ1n) is 9.24. The van der Waals surface area contributed by atoms with E-state index < -0.39 is 0 Å². The van der Waals surface area contributed by atoms with Crippen molar-refractivity contribution >= 4 is 29.1 Å². The van der Waals surface area contributed by atoms with Crippen molar-refractivity contribution in [1.29, 1.82) is 0 Å². The van der Waals surface area contributed by atoms with Gasteiger partial charge in [-0.2, -0.15) is 0 Å². The quantitative estimate of drug-likeness (QED) is 0.318. The summed E-state index contributed by atoms with van der Waals surface area (Å²) < 4.78 is 7.10. The molecule has 3 aromatic rings. The highest BCUT2D eigenvalue weighted by Gasteiger charge is 2.15. The summed E-state index contributed by atoms with van der Waals surface area (Å²) in [5.41, 5.74) is 2.03. The lowest BCUT2D eigenvalue weighted by Crippen LogP contribution is -2.15. The van der Waals surface area contributed by atoms with Crippen LogP contribution in [0.1, 0.15) is 17.3 Å². The monoisotopic (exact) mass is 422 g/mol. The second-order valence-corrected chi connectivity index (χ2v) is 7.35. The number of amides is 1. The molecule has 0 atom stereocenters. The van der Waals surface area contributed by atoms with E-state index in [1.807, 2.05) is 28.8 Å². The van der Waals surface area contributed by atoms with E-state index in [1.54, 1.807) is 37.5 Å². The Morgan fingerprint density at radius 1 is 1.20 bits per heavy atom. The van der Waals surface area contributed by atoms with Crippen LogP contribution in [-0.2, 0) is 11.3 Å². The summed E-state index contributed by atoms with van der Waals surface area (Å²) >= 11 is 1.29. The number of methoxy groups -OCH3 is 1. The number of Topliss-reactive ketones (excluding diaryl/α,β-unsaturated/α-hetero) is 1. The van der Waals surface area contributed by atoms with Gasteiger partial charge in [0.25, 0.3) is 0 Å². The van der Waals surface area contributed by atoms with Gasteiger partial charge in [0.1, 0.15) is 5.75 Å². The van der Waals surface area contributed by atoms with Gasteiger partial charge in [-0.05, 0) is 43.3 Å². The molecule has 1 amide bonds. The fourth-order valence-corrected chi connectivity index (χ4v) is 3.53. The first kappa shape index (κ1) is 21.3. The van der Waals surface area contributed by atoms with Gasteiger partial charge in [-0.1, -0.05) is 30.0 Å². The zero-order valence-electron chi connectivity index (χ0n) is 16.8. The smallest absolute Gasteiger partial charge is 0.234 e. The third-order valence-corrected chi connectivity index (χ3v) is 5.23. The van der Waals surface area contributed by atoms with Crippen molar-refractivity contribution < 1.29 is 14.3 Å². The Labute approximate surface area is 179 Å². The second-order valence-electron chi connectivity index (χ2n) is 6.41. The number of rotatable bonds is 9. The SMILES string of the molecule is C=CCn1c(SCC(=O)Nc2cccc(C(C)=O)c2)nnc1-c1ccc(OC)cc1. The molecule has 0 saturated carbocycles. The molecule has 8 heteroatoms. The zero-order chi connectivity index (χ0) is 21.5. The molecule has 1 heterocycles. The van der Waals surface area contributed by atoms with Crippen LogP contribution >= 0.6 is 11.8 Å². The van der Waals surface area contributed by atoms with E-state index >= 15 is 0 Å². The van der Waals surface area contributed by atoms with Crippen LogP contribution < -0.4 is 10.1 Å². The predicted octanol–water partition coefficient (Wildman–Crippen LogP) is 4.07. The molecular weight excluding hydrogens is 400 g/mol. The Hall–Kier alpha value is -3.39. The summed E-state index contributed by atoms with van der Waals surface area (Å²) in [4.78, 5) is 23.9. The zero-order valence-corrected chi connectivity index (χ0v) is 17.6. The Balaban J connectivity index is 1.71. The van der Waals surface area contributed by atoms with Crippen molar-refractivity contribution in [3.05, 3.63) is 66.7 Å². The van der Waals surface area contributed by atoms with Gasteiger partial charge in [0, 0.05) is 23.4 Å². The van der Waals surface area contributed by atoms with Crippen LogP contribution in [0.2, 0.25) is 0 Å². The number of hydrogen-bond donors (Lipinski definition) is 1. The lowest BCUT2D eigenvalue weighted by Gasteiger charge is -2.09. The molecule has 1 N–H and O–H groups in total. The number of ether oxygens (including phenoxy) is 1. The molecule has 7 nitrogen and oxygen atoms in total. The van der Waals surface area contributed by atoms with Gasteiger partial charge in [0.15, 0.2) is 16.8 Å². The van der Waals surface area contributed by atoms with E-state index in [1.165, 1.54) is 18.7 Å². The van der Waals surface area contributed by atoms with Crippen molar-refractivity contribution in [2.45, 2.75) is 18.6 Å². The molecule has 0 spiro atoms. The van der Waals surface area contributed by atoms with Crippen molar-refractivity contribution in [3.8, 4) is 17.1 Å². The minimum Gasteiger partial charge on any atom is -0.497 e. The molecule has 0 unspecified atom stereocenters. The Kier molecular flexibility index (Phi) is 7.03. The third-order valence-electron chi connectivity index (χ3n) is 4.26. The molecule has 0 aliphatic heterocycles. The van der Waals surface area contributed by atoms with Gasteiger partial charge >= 0.3 is 0 Å². The van der Waals surface area contributed by atoms with Crippen LogP contribution in [0.5, 0.6) is 5.75 Å². The number of thioether (sulfide) groups is 1. The molecule has 0 saturated heterocycles. The summed E-state index contributed by atoms with van der Waals surface area (Å²) in [5.74, 6) is 1.36. The van der Waals surface area contributed by atoms with Crippen molar-refractivity contribution in [1.82, 2.24) is 14.8 Å². The van der Waals surface area contributed by atoms with Gasteiger partial charge < -0.3 is 10.1 Å². The van der Waals surface area contributed by atoms with Crippen LogP contribution in [0, 0.1) is 0 Å². The van der Waals surface area contributed by atoms with Crippen LogP contribution in [0.15, 0.2) is 66.3 Å². The average Bonchev–Trinajstić information content (AvgIpc) is 3.15. The molecule has 3 rings (SSSR count). The van der Waals surface area contributed by atoms with Crippen molar-refractivity contribution in [2.24, 2.45) is 0 Å². The van der Waals surface area contributed by atoms with Crippen LogP contribution in [-0.4, -0.2) is 39.3 Å². The van der Waals surface area contributed by atoms with Gasteiger partial charge in [0.2, 0.25) is 5.91 Å². The molecule has 1 aromatic heterocycles. The van der Waals surface area contributed by atoms with Gasteiger partial charge in [-0.25, -0.2) is 0 Å². The first-order valence-corrected chi connectivity index (χ1v) is 10.2. The van der Waals surface area contributed by atoms with E-state index in [0.717, 1.165) is 11.3 Å². The molecule has 30 heavy (non-hydrogen) atoms. The van der Waals surface area contributed by atoms with E-state index in [2.05, 4.69) is 22.1 Å². The van der Waals surface area contributed by atoms with Gasteiger partial charge in [0.05, 0.1) is 12.9 Å².